The SMILES string of the molecule is CC(=O)C(Sc1nnc(-c2ccccc2)n1-c1ccccc1)C(=O)Nc1ccccc1. The lowest BCUT2D eigenvalue weighted by atomic mass is 10.2. The van der Waals surface area contributed by atoms with E-state index in [-0.39, 0.29) is 5.78 Å². The number of hydrogen-bond donors (Lipinski definition) is 1. The minimum Gasteiger partial charge on any atom is -0.325 e. The second-order valence-electron chi connectivity index (χ2n) is 6.81. The van der Waals surface area contributed by atoms with Crippen molar-refractivity contribution in [3.05, 3.63) is 91.0 Å². The highest BCUT2D eigenvalue weighted by Crippen LogP contribution is 2.31. The monoisotopic (exact) mass is 428 g/mol. The van der Waals surface area contributed by atoms with E-state index in [0.717, 1.165) is 23.0 Å². The number of carbonyl (C=O) groups excluding carboxylic acids is 2. The maximum atomic E-state index is 12.9. The normalized spacial score (nSPS) is 11.6. The van der Waals surface area contributed by atoms with Crippen LogP contribution in [0.5, 0.6) is 0 Å². The summed E-state index contributed by atoms with van der Waals surface area (Å²) in [5.74, 6) is -0.0186. The van der Waals surface area contributed by atoms with Crippen LogP contribution in [0.4, 0.5) is 5.69 Å². The molecule has 1 heterocycles. The van der Waals surface area contributed by atoms with Crippen molar-refractivity contribution in [3.8, 4) is 17.1 Å². The van der Waals surface area contributed by atoms with Gasteiger partial charge in [0.2, 0.25) is 5.91 Å². The molecule has 0 radical (unpaired) electrons. The molecule has 7 heteroatoms. The minimum absolute atomic E-state index is 0.262. The summed E-state index contributed by atoms with van der Waals surface area (Å²) in [5, 5.41) is 11.0. The summed E-state index contributed by atoms with van der Waals surface area (Å²) in [6.45, 7) is 1.41. The fourth-order valence-corrected chi connectivity index (χ4v) is 4.01. The molecule has 0 saturated heterocycles. The van der Waals surface area contributed by atoms with Gasteiger partial charge in [-0.3, -0.25) is 14.2 Å². The van der Waals surface area contributed by atoms with Crippen LogP contribution in [-0.4, -0.2) is 31.7 Å². The zero-order chi connectivity index (χ0) is 21.6. The van der Waals surface area contributed by atoms with Gasteiger partial charge in [0.05, 0.1) is 0 Å². The Bertz CT molecular complexity index is 1180. The van der Waals surface area contributed by atoms with Gasteiger partial charge in [0.15, 0.2) is 16.8 Å². The summed E-state index contributed by atoms with van der Waals surface area (Å²) in [6.07, 6.45) is 0. The number of carbonyl (C=O) groups is 2. The summed E-state index contributed by atoms with van der Waals surface area (Å²) in [7, 11) is 0. The third-order valence-electron chi connectivity index (χ3n) is 4.55. The van der Waals surface area contributed by atoms with E-state index in [1.165, 1.54) is 6.92 Å². The summed E-state index contributed by atoms with van der Waals surface area (Å²) >= 11 is 1.09. The predicted octanol–water partition coefficient (Wildman–Crippen LogP) is 4.62. The second kappa shape index (κ2) is 9.40. The molecule has 3 aromatic carbocycles. The molecule has 0 bridgehead atoms. The first-order valence-corrected chi connectivity index (χ1v) is 10.6. The van der Waals surface area contributed by atoms with E-state index in [0.29, 0.717) is 16.7 Å². The lowest BCUT2D eigenvalue weighted by Gasteiger charge is -2.15. The van der Waals surface area contributed by atoms with Gasteiger partial charge >= 0.3 is 0 Å². The molecule has 1 atom stereocenters. The number of rotatable bonds is 7. The first-order chi connectivity index (χ1) is 15.1. The van der Waals surface area contributed by atoms with Crippen LogP contribution in [0.15, 0.2) is 96.2 Å². The van der Waals surface area contributed by atoms with Crippen LogP contribution in [0.25, 0.3) is 17.1 Å². The van der Waals surface area contributed by atoms with Gasteiger partial charge in [0.1, 0.15) is 5.25 Å². The van der Waals surface area contributed by atoms with Crippen molar-refractivity contribution in [2.75, 3.05) is 5.32 Å². The quantitative estimate of drug-likeness (QED) is 0.343. The molecule has 4 aromatic rings. The molecule has 0 aliphatic rings. The van der Waals surface area contributed by atoms with E-state index < -0.39 is 11.2 Å². The van der Waals surface area contributed by atoms with E-state index in [1.54, 1.807) is 12.1 Å². The highest BCUT2D eigenvalue weighted by molar-refractivity contribution is 8.01. The number of anilines is 1. The maximum absolute atomic E-state index is 12.9. The zero-order valence-corrected chi connectivity index (χ0v) is 17.6. The standard InChI is InChI=1S/C24H20N4O2S/c1-17(29)21(23(30)25-19-13-7-3-8-14-19)31-24-27-26-22(18-11-5-2-6-12-18)28(24)20-15-9-4-10-16-20/h2-16,21H,1H3,(H,25,30). The van der Waals surface area contributed by atoms with Crippen molar-refractivity contribution in [1.82, 2.24) is 14.8 Å². The Hall–Kier alpha value is -3.71. The number of benzene rings is 3. The molecule has 1 amide bonds. The van der Waals surface area contributed by atoms with Crippen LogP contribution < -0.4 is 5.32 Å². The van der Waals surface area contributed by atoms with Crippen molar-refractivity contribution in [2.45, 2.75) is 17.3 Å². The van der Waals surface area contributed by atoms with Crippen LogP contribution in [-0.2, 0) is 9.59 Å². The van der Waals surface area contributed by atoms with Crippen LogP contribution in [0.2, 0.25) is 0 Å². The number of thioether (sulfide) groups is 1. The molecule has 31 heavy (non-hydrogen) atoms. The maximum Gasteiger partial charge on any atom is 0.245 e. The van der Waals surface area contributed by atoms with Crippen molar-refractivity contribution < 1.29 is 9.59 Å². The van der Waals surface area contributed by atoms with Gasteiger partial charge < -0.3 is 5.32 Å². The average molecular weight is 429 g/mol. The molecular weight excluding hydrogens is 408 g/mol. The molecule has 0 aliphatic carbocycles. The molecule has 1 unspecified atom stereocenters. The Morgan fingerprint density at radius 3 is 2.03 bits per heavy atom. The molecule has 0 saturated carbocycles. The van der Waals surface area contributed by atoms with Crippen LogP contribution >= 0.6 is 11.8 Å². The smallest absolute Gasteiger partial charge is 0.245 e. The zero-order valence-electron chi connectivity index (χ0n) is 16.8. The largest absolute Gasteiger partial charge is 0.325 e. The molecule has 154 valence electrons. The Morgan fingerprint density at radius 1 is 0.839 bits per heavy atom. The first-order valence-electron chi connectivity index (χ1n) is 9.73. The second-order valence-corrected chi connectivity index (χ2v) is 7.88. The minimum atomic E-state index is -0.963. The van der Waals surface area contributed by atoms with Crippen LogP contribution in [0.3, 0.4) is 0 Å². The van der Waals surface area contributed by atoms with Gasteiger partial charge in [-0.05, 0) is 31.2 Å². The van der Waals surface area contributed by atoms with Crippen LogP contribution in [0.1, 0.15) is 6.92 Å². The molecule has 6 nitrogen and oxygen atoms in total. The van der Waals surface area contributed by atoms with E-state index in [4.69, 9.17) is 0 Å². The highest BCUT2D eigenvalue weighted by Gasteiger charge is 2.28. The Labute approximate surface area is 184 Å². The fraction of sp³-hybridized carbons (Fsp3) is 0.0833. The van der Waals surface area contributed by atoms with Gasteiger partial charge in [0.25, 0.3) is 0 Å². The van der Waals surface area contributed by atoms with Gasteiger partial charge in [-0.15, -0.1) is 10.2 Å². The molecule has 1 N–H and O–H groups in total. The molecular formula is C24H20N4O2S. The molecule has 4 rings (SSSR count). The third kappa shape index (κ3) is 4.73. The van der Waals surface area contributed by atoms with Crippen molar-refractivity contribution in [3.63, 3.8) is 0 Å². The molecule has 1 aromatic heterocycles. The van der Waals surface area contributed by atoms with Gasteiger partial charge in [-0.25, -0.2) is 0 Å². The molecule has 0 aliphatic heterocycles. The first kappa shape index (κ1) is 20.6. The number of nitrogens with one attached hydrogen (secondary N) is 1. The van der Waals surface area contributed by atoms with E-state index >= 15 is 0 Å². The molecule has 0 spiro atoms. The fourth-order valence-electron chi connectivity index (χ4n) is 3.09. The summed E-state index contributed by atoms with van der Waals surface area (Å²) in [5.41, 5.74) is 2.37. The lowest BCUT2D eigenvalue weighted by Crippen LogP contribution is -2.31. The van der Waals surface area contributed by atoms with E-state index in [1.807, 2.05) is 83.4 Å². The van der Waals surface area contributed by atoms with Crippen molar-refractivity contribution in [1.29, 1.82) is 0 Å². The summed E-state index contributed by atoms with van der Waals surface area (Å²) in [4.78, 5) is 25.2. The third-order valence-corrected chi connectivity index (χ3v) is 5.81. The number of aromatic nitrogens is 3. The summed E-state index contributed by atoms with van der Waals surface area (Å²) < 4.78 is 1.87. The highest BCUT2D eigenvalue weighted by atomic mass is 32.2. The topological polar surface area (TPSA) is 76.9 Å². The van der Waals surface area contributed by atoms with Gasteiger partial charge in [-0.2, -0.15) is 0 Å². The Balaban J connectivity index is 1.70. The Kier molecular flexibility index (Phi) is 6.24. The summed E-state index contributed by atoms with van der Waals surface area (Å²) in [6, 6.07) is 28.4. The number of Topliss-reactive ketones (excluding diaryl/α,β-unsaturated/α-hetero) is 1. The van der Waals surface area contributed by atoms with E-state index in [2.05, 4.69) is 15.5 Å². The Morgan fingerprint density at radius 2 is 1.42 bits per heavy atom. The number of nitrogens with zero attached hydrogens (tertiary/aromatic N) is 3. The van der Waals surface area contributed by atoms with E-state index in [9.17, 15) is 9.59 Å². The van der Waals surface area contributed by atoms with Crippen molar-refractivity contribution in [2.24, 2.45) is 0 Å². The average Bonchev–Trinajstić information content (AvgIpc) is 3.22. The number of hydrogen-bond acceptors (Lipinski definition) is 5. The number of ketones is 1. The van der Waals surface area contributed by atoms with Crippen LogP contribution in [0, 0.1) is 0 Å². The molecule has 0 fully saturated rings. The van der Waals surface area contributed by atoms with Crippen molar-refractivity contribution >= 4 is 29.1 Å². The lowest BCUT2D eigenvalue weighted by molar-refractivity contribution is -0.123. The predicted molar refractivity (Wildman–Crippen MR) is 122 cm³/mol. The number of para-hydroxylation sites is 2. The number of amides is 1. The van der Waals surface area contributed by atoms with Gasteiger partial charge in [0, 0.05) is 16.9 Å². The van der Waals surface area contributed by atoms with Gasteiger partial charge in [-0.1, -0.05) is 78.5 Å².